The van der Waals surface area contributed by atoms with E-state index in [0.29, 0.717) is 30.5 Å². The molecule has 11 heteroatoms. The monoisotopic (exact) mass is 504 g/mol. The van der Waals surface area contributed by atoms with Gasteiger partial charge in [-0.05, 0) is 30.5 Å². The van der Waals surface area contributed by atoms with Crippen molar-refractivity contribution in [2.75, 3.05) is 25.0 Å². The van der Waals surface area contributed by atoms with Crippen LogP contribution in [0.3, 0.4) is 0 Å². The molecule has 1 fully saturated rings. The van der Waals surface area contributed by atoms with Gasteiger partial charge in [0.1, 0.15) is 35.5 Å². The highest BCUT2D eigenvalue weighted by Crippen LogP contribution is 2.30. The minimum atomic E-state index is -0.636. The van der Waals surface area contributed by atoms with Crippen molar-refractivity contribution in [1.82, 2.24) is 19.4 Å². The number of nitriles is 1. The van der Waals surface area contributed by atoms with Crippen LogP contribution in [0.2, 0.25) is 0 Å². The Hall–Kier alpha value is -4.46. The number of para-hydroxylation sites is 1. The maximum absolute atomic E-state index is 12.7. The van der Waals surface area contributed by atoms with Gasteiger partial charge in [0.05, 0.1) is 17.5 Å². The largest absolute Gasteiger partial charge is 0.440 e. The van der Waals surface area contributed by atoms with Crippen molar-refractivity contribution >= 4 is 34.7 Å². The molecule has 1 aromatic carbocycles. The Balaban J connectivity index is 1.52. The minimum absolute atomic E-state index is 0.00782. The third-order valence-corrected chi connectivity index (χ3v) is 6.56. The van der Waals surface area contributed by atoms with Crippen LogP contribution in [-0.2, 0) is 21.1 Å². The van der Waals surface area contributed by atoms with Gasteiger partial charge in [0, 0.05) is 33.3 Å². The predicted molar refractivity (Wildman–Crippen MR) is 133 cm³/mol. The van der Waals surface area contributed by atoms with Crippen LogP contribution in [0.1, 0.15) is 37.0 Å². The molecule has 3 aromatic rings. The first-order chi connectivity index (χ1) is 17.8. The number of rotatable bonds is 7. The van der Waals surface area contributed by atoms with Crippen molar-refractivity contribution in [2.24, 2.45) is 5.92 Å². The van der Waals surface area contributed by atoms with Crippen LogP contribution in [0.25, 0.3) is 11.0 Å². The van der Waals surface area contributed by atoms with Crippen LogP contribution in [0.4, 0.5) is 5.82 Å². The molecule has 1 aliphatic rings. The summed E-state index contributed by atoms with van der Waals surface area (Å²) in [6.07, 6.45) is 3.91. The highest BCUT2D eigenvalue weighted by atomic mass is 16.6. The van der Waals surface area contributed by atoms with Crippen molar-refractivity contribution in [2.45, 2.75) is 39.5 Å². The van der Waals surface area contributed by atoms with Crippen molar-refractivity contribution < 1.29 is 23.9 Å². The zero-order valence-corrected chi connectivity index (χ0v) is 21.0. The number of nitrogens with zero attached hydrogens (tertiary/aromatic N) is 6. The summed E-state index contributed by atoms with van der Waals surface area (Å²) in [4.78, 5) is 49.1. The van der Waals surface area contributed by atoms with Crippen LogP contribution in [0.5, 0.6) is 5.75 Å². The number of esters is 2. The van der Waals surface area contributed by atoms with Crippen LogP contribution in [0.15, 0.2) is 42.9 Å². The molecule has 2 atom stereocenters. The fraction of sp³-hybridized carbons (Fsp3) is 0.385. The number of likely N-dealkylation sites (tertiary alicyclic amines) is 1. The number of piperidine rings is 1. The lowest BCUT2D eigenvalue weighted by Gasteiger charge is -2.42. The van der Waals surface area contributed by atoms with E-state index < -0.39 is 11.9 Å². The number of benzene rings is 1. The number of hydrogen-bond donors (Lipinski definition) is 0. The van der Waals surface area contributed by atoms with Gasteiger partial charge in [0.15, 0.2) is 6.73 Å². The summed E-state index contributed by atoms with van der Waals surface area (Å²) in [5.41, 5.74) is 0.727. The van der Waals surface area contributed by atoms with Crippen LogP contribution in [-0.4, -0.2) is 63.5 Å². The minimum Gasteiger partial charge on any atom is -0.440 e. The summed E-state index contributed by atoms with van der Waals surface area (Å²) in [6.45, 7) is 4.44. The molecule has 192 valence electrons. The Bertz CT molecular complexity index is 1360. The lowest BCUT2D eigenvalue weighted by molar-refractivity contribution is -0.132. The number of hydrogen-bond acceptors (Lipinski definition) is 9. The summed E-state index contributed by atoms with van der Waals surface area (Å²) in [7, 11) is 1.94. The number of fused-ring (bicyclic) bond motifs is 1. The molecule has 11 nitrogen and oxygen atoms in total. The predicted octanol–water partition coefficient (Wildman–Crippen LogP) is 2.76. The Morgan fingerprint density at radius 1 is 1.22 bits per heavy atom. The topological polar surface area (TPSA) is 131 Å². The zero-order valence-electron chi connectivity index (χ0n) is 21.0. The highest BCUT2D eigenvalue weighted by Gasteiger charge is 2.32. The van der Waals surface area contributed by atoms with E-state index >= 15 is 0 Å². The van der Waals surface area contributed by atoms with Crippen molar-refractivity contribution in [3.63, 3.8) is 0 Å². The maximum atomic E-state index is 12.7. The molecule has 0 saturated carbocycles. The van der Waals surface area contributed by atoms with E-state index in [9.17, 15) is 14.4 Å². The number of anilines is 1. The zero-order chi connectivity index (χ0) is 26.5. The van der Waals surface area contributed by atoms with E-state index in [4.69, 9.17) is 14.7 Å². The van der Waals surface area contributed by atoms with Gasteiger partial charge in [-0.1, -0.05) is 19.1 Å². The molecule has 1 saturated heterocycles. The van der Waals surface area contributed by atoms with Gasteiger partial charge in [-0.3, -0.25) is 14.2 Å². The fourth-order valence-electron chi connectivity index (χ4n) is 4.58. The fourth-order valence-corrected chi connectivity index (χ4v) is 4.58. The van der Waals surface area contributed by atoms with Gasteiger partial charge < -0.3 is 19.3 Å². The Labute approximate surface area is 214 Å². The number of ether oxygens (including phenoxy) is 2. The lowest BCUT2D eigenvalue weighted by Crippen LogP contribution is -2.52. The number of carbonyl (C=O) groups is 3. The molecular weight excluding hydrogens is 476 g/mol. The maximum Gasteiger partial charge on any atom is 0.343 e. The van der Waals surface area contributed by atoms with Crippen molar-refractivity contribution in [3.8, 4) is 11.8 Å². The molecule has 0 bridgehead atoms. The molecule has 1 aliphatic heterocycles. The smallest absolute Gasteiger partial charge is 0.343 e. The molecule has 1 amide bonds. The normalized spacial score (nSPS) is 17.2. The lowest BCUT2D eigenvalue weighted by atomic mass is 9.92. The van der Waals surface area contributed by atoms with E-state index in [-0.39, 0.29) is 36.4 Å². The summed E-state index contributed by atoms with van der Waals surface area (Å²) in [6, 6.07) is 10.2. The van der Waals surface area contributed by atoms with E-state index in [1.807, 2.05) is 24.1 Å². The number of amides is 1. The molecule has 2 aromatic heterocycles. The summed E-state index contributed by atoms with van der Waals surface area (Å²) in [5.74, 6) is -0.197. The van der Waals surface area contributed by atoms with E-state index in [1.54, 1.807) is 27.8 Å². The van der Waals surface area contributed by atoms with Crippen LogP contribution >= 0.6 is 0 Å². The first kappa shape index (κ1) is 25.6. The van der Waals surface area contributed by atoms with Gasteiger partial charge in [-0.2, -0.15) is 5.26 Å². The Morgan fingerprint density at radius 2 is 2.00 bits per heavy atom. The quantitative estimate of drug-likeness (QED) is 0.352. The van der Waals surface area contributed by atoms with E-state index in [2.05, 4.69) is 16.9 Å². The summed E-state index contributed by atoms with van der Waals surface area (Å²) in [5, 5.41) is 9.68. The van der Waals surface area contributed by atoms with Crippen LogP contribution < -0.4 is 9.64 Å². The number of carbonyl (C=O) groups excluding carboxylic acids is 3. The van der Waals surface area contributed by atoms with Crippen LogP contribution in [0, 0.1) is 17.2 Å². The van der Waals surface area contributed by atoms with Gasteiger partial charge >= 0.3 is 11.9 Å². The SMILES string of the molecule is CC(=O)Oc1ccccc1C(=O)OCn1ccc2c(N(C)[C@H]3CN(C(=O)CC#N)CC[C@H]3C)ncnc21. The van der Waals surface area contributed by atoms with Crippen molar-refractivity contribution in [3.05, 3.63) is 48.4 Å². The third-order valence-electron chi connectivity index (χ3n) is 6.56. The van der Waals surface area contributed by atoms with Gasteiger partial charge in [0.2, 0.25) is 5.91 Å². The van der Waals surface area contributed by atoms with E-state index in [0.717, 1.165) is 11.8 Å². The number of aromatic nitrogens is 3. The summed E-state index contributed by atoms with van der Waals surface area (Å²) < 4.78 is 12.3. The molecule has 0 aliphatic carbocycles. The van der Waals surface area contributed by atoms with Crippen molar-refractivity contribution in [1.29, 1.82) is 5.26 Å². The van der Waals surface area contributed by atoms with Gasteiger partial charge in [-0.25, -0.2) is 14.8 Å². The Morgan fingerprint density at radius 3 is 2.76 bits per heavy atom. The van der Waals surface area contributed by atoms with E-state index in [1.165, 1.54) is 25.4 Å². The summed E-state index contributed by atoms with van der Waals surface area (Å²) >= 11 is 0. The van der Waals surface area contributed by atoms with Gasteiger partial charge in [0.25, 0.3) is 0 Å². The van der Waals surface area contributed by atoms with Gasteiger partial charge in [-0.15, -0.1) is 0 Å². The Kier molecular flexibility index (Phi) is 7.67. The first-order valence-corrected chi connectivity index (χ1v) is 11.9. The molecule has 0 unspecified atom stereocenters. The molecule has 0 radical (unpaired) electrons. The second-order valence-corrected chi connectivity index (χ2v) is 8.99. The molecule has 37 heavy (non-hydrogen) atoms. The second-order valence-electron chi connectivity index (χ2n) is 8.99. The standard InChI is InChI=1S/C26H28N6O5/c1-17-9-12-31(23(34)8-11-27)14-21(17)30(3)24-20-10-13-32(25(20)29-15-28-24)16-36-26(35)19-6-4-5-7-22(19)37-18(2)33/h4-7,10,13,15,17,21H,8-9,12,14,16H2,1-3H3/t17-,21+/m1/s1. The second kappa shape index (κ2) is 11.1. The molecule has 0 spiro atoms. The average molecular weight is 505 g/mol. The highest BCUT2D eigenvalue weighted by molar-refractivity contribution is 5.93. The average Bonchev–Trinajstić information content (AvgIpc) is 3.30. The molecule has 3 heterocycles. The molecule has 0 N–H and O–H groups in total. The third kappa shape index (κ3) is 5.53. The number of likely N-dealkylation sites (N-methyl/N-ethyl adjacent to an activating group) is 1. The first-order valence-electron chi connectivity index (χ1n) is 11.9. The molecule has 4 rings (SSSR count). The molecular formula is C26H28N6O5.